The molecule has 0 saturated heterocycles. The van der Waals surface area contributed by atoms with Crippen LogP contribution in [-0.4, -0.2) is 13.1 Å². The lowest BCUT2D eigenvalue weighted by Gasteiger charge is -2.20. The largest absolute Gasteiger partial charge is 0.467 e. The fraction of sp³-hybridized carbons (Fsp3) is 0.364. The summed E-state index contributed by atoms with van der Waals surface area (Å²) < 4.78 is 10.5. The predicted molar refractivity (Wildman–Crippen MR) is 51.1 cm³/mol. The third-order valence-electron chi connectivity index (χ3n) is 2.31. The number of carbonyl (C=O) groups is 1. The van der Waals surface area contributed by atoms with E-state index in [9.17, 15) is 4.79 Å². The average molecular weight is 192 g/mol. The molecule has 0 unspecified atom stereocenters. The van der Waals surface area contributed by atoms with Gasteiger partial charge in [0.15, 0.2) is 6.79 Å². The summed E-state index contributed by atoms with van der Waals surface area (Å²) >= 11 is 0. The van der Waals surface area contributed by atoms with E-state index in [2.05, 4.69) is 0 Å². The lowest BCUT2D eigenvalue weighted by atomic mass is 10.0. The SMILES string of the molecule is O=CCCc1cccc2c1COCO2. The molecular weight excluding hydrogens is 180 g/mol. The van der Waals surface area contributed by atoms with Crippen molar-refractivity contribution in [3.8, 4) is 5.75 Å². The zero-order valence-corrected chi connectivity index (χ0v) is 7.86. The van der Waals surface area contributed by atoms with E-state index in [1.54, 1.807) is 0 Å². The van der Waals surface area contributed by atoms with Gasteiger partial charge in [-0.15, -0.1) is 0 Å². The van der Waals surface area contributed by atoms with Gasteiger partial charge in [-0.25, -0.2) is 0 Å². The van der Waals surface area contributed by atoms with Gasteiger partial charge < -0.3 is 14.3 Å². The number of ether oxygens (including phenoxy) is 2. The Hall–Kier alpha value is -1.35. The third-order valence-corrected chi connectivity index (χ3v) is 2.31. The molecule has 0 aliphatic carbocycles. The van der Waals surface area contributed by atoms with E-state index < -0.39 is 0 Å². The molecule has 1 aromatic carbocycles. The molecule has 2 rings (SSSR count). The van der Waals surface area contributed by atoms with Crippen molar-refractivity contribution in [3.05, 3.63) is 29.3 Å². The second kappa shape index (κ2) is 4.24. The minimum atomic E-state index is 0.324. The Kier molecular flexibility index (Phi) is 2.79. The van der Waals surface area contributed by atoms with Crippen molar-refractivity contribution in [1.82, 2.24) is 0 Å². The minimum absolute atomic E-state index is 0.324. The number of hydrogen-bond donors (Lipinski definition) is 0. The van der Waals surface area contributed by atoms with Crippen LogP contribution in [0.1, 0.15) is 17.5 Å². The molecule has 0 saturated carbocycles. The lowest BCUT2D eigenvalue weighted by Crippen LogP contribution is -2.13. The highest BCUT2D eigenvalue weighted by Crippen LogP contribution is 2.27. The number of aryl methyl sites for hydroxylation is 1. The quantitative estimate of drug-likeness (QED) is 0.683. The number of rotatable bonds is 3. The Morgan fingerprint density at radius 3 is 3.21 bits per heavy atom. The van der Waals surface area contributed by atoms with Crippen LogP contribution >= 0.6 is 0 Å². The van der Waals surface area contributed by atoms with E-state index in [-0.39, 0.29) is 0 Å². The van der Waals surface area contributed by atoms with Crippen molar-refractivity contribution >= 4 is 6.29 Å². The number of fused-ring (bicyclic) bond motifs is 1. The Morgan fingerprint density at radius 1 is 1.43 bits per heavy atom. The molecule has 0 atom stereocenters. The van der Waals surface area contributed by atoms with Gasteiger partial charge in [0.05, 0.1) is 6.61 Å². The maximum atomic E-state index is 10.3. The van der Waals surface area contributed by atoms with Crippen LogP contribution in [0.2, 0.25) is 0 Å². The zero-order chi connectivity index (χ0) is 9.80. The first-order valence-electron chi connectivity index (χ1n) is 4.67. The molecule has 14 heavy (non-hydrogen) atoms. The highest BCUT2D eigenvalue weighted by atomic mass is 16.7. The molecule has 1 heterocycles. The van der Waals surface area contributed by atoms with Crippen LogP contribution < -0.4 is 4.74 Å². The summed E-state index contributed by atoms with van der Waals surface area (Å²) in [6.07, 6.45) is 2.25. The number of benzene rings is 1. The third kappa shape index (κ3) is 1.77. The Balaban J connectivity index is 2.25. The van der Waals surface area contributed by atoms with Crippen molar-refractivity contribution in [2.45, 2.75) is 19.4 Å². The number of aldehydes is 1. The van der Waals surface area contributed by atoms with E-state index >= 15 is 0 Å². The summed E-state index contributed by atoms with van der Waals surface area (Å²) in [5.74, 6) is 0.889. The first kappa shape index (κ1) is 9.21. The Morgan fingerprint density at radius 2 is 2.36 bits per heavy atom. The normalized spacial score (nSPS) is 14.3. The Bertz CT molecular complexity index is 333. The topological polar surface area (TPSA) is 35.5 Å². The minimum Gasteiger partial charge on any atom is -0.467 e. The number of carbonyl (C=O) groups excluding carboxylic acids is 1. The van der Waals surface area contributed by atoms with Gasteiger partial charge in [0.1, 0.15) is 12.0 Å². The molecule has 3 heteroatoms. The van der Waals surface area contributed by atoms with Gasteiger partial charge in [0, 0.05) is 12.0 Å². The molecule has 0 N–H and O–H groups in total. The number of hydrogen-bond acceptors (Lipinski definition) is 3. The van der Waals surface area contributed by atoms with Crippen LogP contribution in [0.5, 0.6) is 5.75 Å². The fourth-order valence-corrected chi connectivity index (χ4v) is 1.61. The van der Waals surface area contributed by atoms with Crippen molar-refractivity contribution in [2.24, 2.45) is 0 Å². The molecule has 0 fully saturated rings. The molecule has 0 amide bonds. The van der Waals surface area contributed by atoms with Crippen LogP contribution in [-0.2, 0) is 22.6 Å². The van der Waals surface area contributed by atoms with Gasteiger partial charge in [0.25, 0.3) is 0 Å². The van der Waals surface area contributed by atoms with Gasteiger partial charge in [-0.2, -0.15) is 0 Å². The van der Waals surface area contributed by atoms with Crippen LogP contribution in [0.4, 0.5) is 0 Å². The van der Waals surface area contributed by atoms with E-state index in [4.69, 9.17) is 9.47 Å². The zero-order valence-electron chi connectivity index (χ0n) is 7.86. The van der Waals surface area contributed by atoms with Gasteiger partial charge in [-0.3, -0.25) is 0 Å². The predicted octanol–water partition coefficient (Wildman–Crippen LogP) is 1.68. The van der Waals surface area contributed by atoms with Crippen LogP contribution in [0.25, 0.3) is 0 Å². The summed E-state index contributed by atoms with van der Waals surface area (Å²) in [6.45, 7) is 0.911. The Labute approximate surface area is 82.6 Å². The second-order valence-electron chi connectivity index (χ2n) is 3.21. The van der Waals surface area contributed by atoms with E-state index in [0.29, 0.717) is 19.8 Å². The van der Waals surface area contributed by atoms with Crippen molar-refractivity contribution in [2.75, 3.05) is 6.79 Å². The summed E-state index contributed by atoms with van der Waals surface area (Å²) in [4.78, 5) is 10.3. The standard InChI is InChI=1S/C11H12O3/c12-6-2-4-9-3-1-5-11-10(9)7-13-8-14-11/h1,3,5-6H,2,4,7-8H2. The molecule has 0 radical (unpaired) electrons. The van der Waals surface area contributed by atoms with Crippen LogP contribution in [0.3, 0.4) is 0 Å². The average Bonchev–Trinajstić information content (AvgIpc) is 2.26. The summed E-state index contributed by atoms with van der Waals surface area (Å²) in [5.41, 5.74) is 2.23. The van der Waals surface area contributed by atoms with Crippen molar-refractivity contribution < 1.29 is 14.3 Å². The van der Waals surface area contributed by atoms with Crippen molar-refractivity contribution in [1.29, 1.82) is 0 Å². The van der Waals surface area contributed by atoms with Gasteiger partial charge >= 0.3 is 0 Å². The molecule has 0 bridgehead atoms. The maximum Gasteiger partial charge on any atom is 0.189 e. The van der Waals surface area contributed by atoms with Crippen molar-refractivity contribution in [3.63, 3.8) is 0 Å². The highest BCUT2D eigenvalue weighted by molar-refractivity contribution is 5.51. The molecular formula is C11H12O3. The molecule has 0 spiro atoms. The molecule has 3 nitrogen and oxygen atoms in total. The van der Waals surface area contributed by atoms with E-state index in [1.165, 1.54) is 0 Å². The van der Waals surface area contributed by atoms with E-state index in [1.807, 2.05) is 18.2 Å². The first-order valence-corrected chi connectivity index (χ1v) is 4.67. The maximum absolute atomic E-state index is 10.3. The second-order valence-corrected chi connectivity index (χ2v) is 3.21. The van der Waals surface area contributed by atoms with Gasteiger partial charge in [-0.05, 0) is 18.1 Å². The van der Waals surface area contributed by atoms with Crippen LogP contribution in [0, 0.1) is 0 Å². The molecule has 1 aromatic rings. The molecule has 0 aromatic heterocycles. The van der Waals surface area contributed by atoms with Gasteiger partial charge in [-0.1, -0.05) is 12.1 Å². The monoisotopic (exact) mass is 192 g/mol. The van der Waals surface area contributed by atoms with Gasteiger partial charge in [0.2, 0.25) is 0 Å². The molecule has 1 aliphatic heterocycles. The van der Waals surface area contributed by atoms with Crippen LogP contribution in [0.15, 0.2) is 18.2 Å². The first-order chi connectivity index (χ1) is 6.92. The highest BCUT2D eigenvalue weighted by Gasteiger charge is 2.13. The summed E-state index contributed by atoms with van der Waals surface area (Å²) in [6, 6.07) is 5.90. The summed E-state index contributed by atoms with van der Waals surface area (Å²) in [5, 5.41) is 0. The molecule has 74 valence electrons. The summed E-state index contributed by atoms with van der Waals surface area (Å²) in [7, 11) is 0. The van der Waals surface area contributed by atoms with E-state index in [0.717, 1.165) is 29.6 Å². The smallest absolute Gasteiger partial charge is 0.189 e. The fourth-order valence-electron chi connectivity index (χ4n) is 1.61. The lowest BCUT2D eigenvalue weighted by molar-refractivity contribution is -0.107. The molecule has 1 aliphatic rings.